The van der Waals surface area contributed by atoms with E-state index in [0.29, 0.717) is 26.4 Å². The number of ether oxygens (including phenoxy) is 2. The Morgan fingerprint density at radius 3 is 2.70 bits per heavy atom. The number of likely N-dealkylation sites (N-methyl/N-ethyl adjacent to an activating group) is 1. The van der Waals surface area contributed by atoms with Gasteiger partial charge in [-0.25, -0.2) is 0 Å². The first-order chi connectivity index (χ1) is 9.58. The predicted molar refractivity (Wildman–Crippen MR) is 76.6 cm³/mol. The second-order valence-corrected chi connectivity index (χ2v) is 5.23. The molecule has 110 valence electrons. The molecule has 1 aliphatic heterocycles. The molecule has 1 aromatic rings. The molecule has 20 heavy (non-hydrogen) atoms. The maximum atomic E-state index is 12.2. The SMILES string of the molecule is Cc1ccc(OCCN(C)C(=O)C2COCC2N)cc1. The van der Waals surface area contributed by atoms with Crippen molar-refractivity contribution < 1.29 is 14.3 Å². The number of benzene rings is 1. The monoisotopic (exact) mass is 278 g/mol. The van der Waals surface area contributed by atoms with Crippen LogP contribution in [0, 0.1) is 12.8 Å². The van der Waals surface area contributed by atoms with Crippen molar-refractivity contribution in [2.75, 3.05) is 33.4 Å². The summed E-state index contributed by atoms with van der Waals surface area (Å²) in [5.74, 6) is 0.624. The van der Waals surface area contributed by atoms with Crippen LogP contribution in [0.3, 0.4) is 0 Å². The van der Waals surface area contributed by atoms with Gasteiger partial charge in [0.05, 0.1) is 25.7 Å². The second-order valence-electron chi connectivity index (χ2n) is 5.23. The maximum absolute atomic E-state index is 12.2. The summed E-state index contributed by atoms with van der Waals surface area (Å²) in [4.78, 5) is 13.8. The molecule has 0 saturated carbocycles. The van der Waals surface area contributed by atoms with Crippen molar-refractivity contribution in [1.29, 1.82) is 0 Å². The third-order valence-corrected chi connectivity index (χ3v) is 3.53. The van der Waals surface area contributed by atoms with Crippen molar-refractivity contribution in [3.63, 3.8) is 0 Å². The minimum absolute atomic E-state index is 0.0301. The van der Waals surface area contributed by atoms with E-state index in [0.717, 1.165) is 5.75 Å². The van der Waals surface area contributed by atoms with Crippen LogP contribution in [0.5, 0.6) is 5.75 Å². The van der Waals surface area contributed by atoms with Crippen LogP contribution in [0.1, 0.15) is 5.56 Å². The Morgan fingerprint density at radius 2 is 2.10 bits per heavy atom. The minimum atomic E-state index is -0.223. The largest absolute Gasteiger partial charge is 0.492 e. The average molecular weight is 278 g/mol. The van der Waals surface area contributed by atoms with Gasteiger partial charge in [-0.2, -0.15) is 0 Å². The van der Waals surface area contributed by atoms with Crippen LogP contribution in [0.15, 0.2) is 24.3 Å². The van der Waals surface area contributed by atoms with Crippen molar-refractivity contribution in [3.05, 3.63) is 29.8 Å². The van der Waals surface area contributed by atoms with E-state index in [2.05, 4.69) is 0 Å². The van der Waals surface area contributed by atoms with Crippen LogP contribution in [-0.2, 0) is 9.53 Å². The molecule has 0 aromatic heterocycles. The van der Waals surface area contributed by atoms with Gasteiger partial charge in [0, 0.05) is 13.1 Å². The second kappa shape index (κ2) is 6.72. The number of nitrogens with two attached hydrogens (primary N) is 1. The number of amides is 1. The van der Waals surface area contributed by atoms with Crippen LogP contribution in [-0.4, -0.2) is 50.3 Å². The summed E-state index contributed by atoms with van der Waals surface area (Å²) in [6, 6.07) is 7.66. The molecule has 2 atom stereocenters. The molecule has 2 N–H and O–H groups in total. The number of aryl methyl sites for hydroxylation is 1. The lowest BCUT2D eigenvalue weighted by molar-refractivity contribution is -0.134. The van der Waals surface area contributed by atoms with Crippen molar-refractivity contribution in [2.24, 2.45) is 11.7 Å². The third-order valence-electron chi connectivity index (χ3n) is 3.53. The van der Waals surface area contributed by atoms with Crippen molar-refractivity contribution in [3.8, 4) is 5.75 Å². The van der Waals surface area contributed by atoms with Gasteiger partial charge >= 0.3 is 0 Å². The van der Waals surface area contributed by atoms with E-state index in [1.807, 2.05) is 31.2 Å². The molecule has 0 radical (unpaired) electrons. The van der Waals surface area contributed by atoms with E-state index in [1.54, 1.807) is 11.9 Å². The van der Waals surface area contributed by atoms with E-state index < -0.39 is 0 Å². The number of rotatable bonds is 5. The van der Waals surface area contributed by atoms with Crippen molar-refractivity contribution in [2.45, 2.75) is 13.0 Å². The summed E-state index contributed by atoms with van der Waals surface area (Å²) in [6.45, 7) is 3.92. The van der Waals surface area contributed by atoms with Crippen LogP contribution >= 0.6 is 0 Å². The van der Waals surface area contributed by atoms with E-state index in [9.17, 15) is 4.79 Å². The van der Waals surface area contributed by atoms with E-state index in [4.69, 9.17) is 15.2 Å². The molecule has 5 heteroatoms. The molecule has 2 unspecified atom stereocenters. The molecule has 0 bridgehead atoms. The smallest absolute Gasteiger partial charge is 0.229 e. The number of nitrogens with zero attached hydrogens (tertiary/aromatic N) is 1. The number of hydrogen-bond acceptors (Lipinski definition) is 4. The summed E-state index contributed by atoms with van der Waals surface area (Å²) in [5, 5.41) is 0. The molecule has 2 rings (SSSR count). The first-order valence-electron chi connectivity index (χ1n) is 6.85. The van der Waals surface area contributed by atoms with Gasteiger partial charge in [-0.1, -0.05) is 17.7 Å². The molecule has 1 amide bonds. The standard InChI is InChI=1S/C15H22N2O3/c1-11-3-5-12(6-4-11)20-8-7-17(2)15(18)13-9-19-10-14(13)16/h3-6,13-14H,7-10,16H2,1-2H3. The summed E-state index contributed by atoms with van der Waals surface area (Å²) < 4.78 is 10.8. The van der Waals surface area contributed by atoms with Crippen molar-refractivity contribution in [1.82, 2.24) is 4.90 Å². The highest BCUT2D eigenvalue weighted by Gasteiger charge is 2.33. The van der Waals surface area contributed by atoms with Crippen LogP contribution in [0.25, 0.3) is 0 Å². The highest BCUT2D eigenvalue weighted by atomic mass is 16.5. The zero-order valence-corrected chi connectivity index (χ0v) is 12.0. The lowest BCUT2D eigenvalue weighted by Crippen LogP contribution is -2.43. The first-order valence-corrected chi connectivity index (χ1v) is 6.85. The fourth-order valence-corrected chi connectivity index (χ4v) is 2.15. The topological polar surface area (TPSA) is 64.8 Å². The highest BCUT2D eigenvalue weighted by molar-refractivity contribution is 5.79. The summed E-state index contributed by atoms with van der Waals surface area (Å²) in [6.07, 6.45) is 0. The molecule has 1 aliphatic rings. The molecule has 5 nitrogen and oxygen atoms in total. The zero-order valence-electron chi connectivity index (χ0n) is 12.0. The lowest BCUT2D eigenvalue weighted by Gasteiger charge is -2.22. The molecule has 1 heterocycles. The zero-order chi connectivity index (χ0) is 14.5. The fourth-order valence-electron chi connectivity index (χ4n) is 2.15. The molecule has 1 aromatic carbocycles. The number of carbonyl (C=O) groups is 1. The van der Waals surface area contributed by atoms with E-state index in [1.165, 1.54) is 5.56 Å². The van der Waals surface area contributed by atoms with Gasteiger partial charge in [0.2, 0.25) is 5.91 Å². The maximum Gasteiger partial charge on any atom is 0.229 e. The summed E-state index contributed by atoms with van der Waals surface area (Å²) in [7, 11) is 1.77. The summed E-state index contributed by atoms with van der Waals surface area (Å²) >= 11 is 0. The lowest BCUT2D eigenvalue weighted by atomic mass is 10.0. The van der Waals surface area contributed by atoms with Crippen LogP contribution in [0.2, 0.25) is 0 Å². The van der Waals surface area contributed by atoms with Gasteiger partial charge < -0.3 is 20.1 Å². The molecule has 0 aliphatic carbocycles. The number of hydrogen-bond donors (Lipinski definition) is 1. The average Bonchev–Trinajstić information content (AvgIpc) is 2.86. The quantitative estimate of drug-likeness (QED) is 0.865. The number of carbonyl (C=O) groups excluding carboxylic acids is 1. The van der Waals surface area contributed by atoms with Gasteiger partial charge in [-0.05, 0) is 19.1 Å². The van der Waals surface area contributed by atoms with Gasteiger partial charge in [-0.15, -0.1) is 0 Å². The van der Waals surface area contributed by atoms with E-state index >= 15 is 0 Å². The molecule has 1 saturated heterocycles. The minimum Gasteiger partial charge on any atom is -0.492 e. The van der Waals surface area contributed by atoms with Gasteiger partial charge in [0.15, 0.2) is 0 Å². The first kappa shape index (κ1) is 14.8. The van der Waals surface area contributed by atoms with Gasteiger partial charge in [0.1, 0.15) is 12.4 Å². The molecule has 0 spiro atoms. The third kappa shape index (κ3) is 3.71. The molecular formula is C15H22N2O3. The van der Waals surface area contributed by atoms with E-state index in [-0.39, 0.29) is 17.9 Å². The molecule has 1 fully saturated rings. The Kier molecular flexibility index (Phi) is 4.98. The van der Waals surface area contributed by atoms with Crippen LogP contribution in [0.4, 0.5) is 0 Å². The summed E-state index contributed by atoms with van der Waals surface area (Å²) in [5.41, 5.74) is 7.04. The highest BCUT2D eigenvalue weighted by Crippen LogP contribution is 2.15. The Morgan fingerprint density at radius 1 is 1.40 bits per heavy atom. The fraction of sp³-hybridized carbons (Fsp3) is 0.533. The van der Waals surface area contributed by atoms with Crippen molar-refractivity contribution >= 4 is 5.91 Å². The Bertz CT molecular complexity index is 447. The Balaban J connectivity index is 1.75. The Labute approximate surface area is 119 Å². The van der Waals surface area contributed by atoms with Gasteiger partial charge in [0.25, 0.3) is 0 Å². The Hall–Kier alpha value is -1.59. The predicted octanol–water partition coefficient (Wildman–Crippen LogP) is 0.806. The van der Waals surface area contributed by atoms with Gasteiger partial charge in [-0.3, -0.25) is 4.79 Å². The van der Waals surface area contributed by atoms with Crippen LogP contribution < -0.4 is 10.5 Å². The normalized spacial score (nSPS) is 21.8. The molecular weight excluding hydrogens is 256 g/mol.